The standard InChI is InChI=1S/C16H24N2O/c1-14(2,3)18-16(13(17)19)11-15(16,4)10-12-8-6-5-7-9-12/h5-9,18H,10-11H2,1-4H3,(H2,17,19)/t15-,16+/m1/s1. The highest BCUT2D eigenvalue weighted by Crippen LogP contribution is 2.58. The highest BCUT2D eigenvalue weighted by atomic mass is 16.1. The highest BCUT2D eigenvalue weighted by molar-refractivity contribution is 5.90. The van der Waals surface area contributed by atoms with Gasteiger partial charge in [0.05, 0.1) is 0 Å². The first-order valence-corrected chi connectivity index (χ1v) is 6.82. The third-order valence-electron chi connectivity index (χ3n) is 4.01. The van der Waals surface area contributed by atoms with Gasteiger partial charge >= 0.3 is 0 Å². The Bertz CT molecular complexity index is 477. The number of amides is 1. The molecular weight excluding hydrogens is 236 g/mol. The molecule has 2 atom stereocenters. The van der Waals surface area contributed by atoms with E-state index in [1.165, 1.54) is 5.56 Å². The van der Waals surface area contributed by atoms with Crippen LogP contribution in [0.15, 0.2) is 30.3 Å². The molecule has 2 rings (SSSR count). The number of primary amides is 1. The van der Waals surface area contributed by atoms with E-state index in [0.717, 1.165) is 12.8 Å². The maximum atomic E-state index is 11.9. The molecular formula is C16H24N2O. The summed E-state index contributed by atoms with van der Waals surface area (Å²) in [5.41, 5.74) is 6.14. The van der Waals surface area contributed by atoms with Gasteiger partial charge in [-0.1, -0.05) is 37.3 Å². The topological polar surface area (TPSA) is 55.1 Å². The summed E-state index contributed by atoms with van der Waals surface area (Å²) in [6, 6.07) is 10.3. The molecule has 0 unspecified atom stereocenters. The van der Waals surface area contributed by atoms with Crippen molar-refractivity contribution in [1.82, 2.24) is 5.32 Å². The Morgan fingerprint density at radius 3 is 2.37 bits per heavy atom. The Balaban J connectivity index is 2.19. The van der Waals surface area contributed by atoms with Gasteiger partial charge in [0, 0.05) is 11.0 Å². The Morgan fingerprint density at radius 1 is 1.32 bits per heavy atom. The minimum absolute atomic E-state index is 0.0898. The van der Waals surface area contributed by atoms with E-state index >= 15 is 0 Å². The van der Waals surface area contributed by atoms with Gasteiger partial charge in [0.15, 0.2) is 0 Å². The van der Waals surface area contributed by atoms with Gasteiger partial charge in [0.1, 0.15) is 5.54 Å². The second-order valence-electron chi connectivity index (χ2n) is 7.04. The fraction of sp³-hybridized carbons (Fsp3) is 0.562. The van der Waals surface area contributed by atoms with Crippen LogP contribution in [0.2, 0.25) is 0 Å². The van der Waals surface area contributed by atoms with Crippen molar-refractivity contribution in [2.45, 2.75) is 51.6 Å². The van der Waals surface area contributed by atoms with Crippen molar-refractivity contribution < 1.29 is 4.79 Å². The minimum atomic E-state index is -0.568. The largest absolute Gasteiger partial charge is 0.368 e. The summed E-state index contributed by atoms with van der Waals surface area (Å²) in [5, 5.41) is 3.44. The lowest BCUT2D eigenvalue weighted by Crippen LogP contribution is -2.55. The van der Waals surface area contributed by atoms with Gasteiger partial charge in [-0.3, -0.25) is 10.1 Å². The van der Waals surface area contributed by atoms with Crippen LogP contribution >= 0.6 is 0 Å². The van der Waals surface area contributed by atoms with Crippen molar-refractivity contribution in [3.63, 3.8) is 0 Å². The number of nitrogens with one attached hydrogen (secondary N) is 1. The molecule has 1 amide bonds. The lowest BCUT2D eigenvalue weighted by atomic mass is 9.91. The predicted octanol–water partition coefficient (Wildman–Crippen LogP) is 2.25. The molecule has 3 nitrogen and oxygen atoms in total. The van der Waals surface area contributed by atoms with Crippen molar-refractivity contribution in [3.05, 3.63) is 35.9 Å². The van der Waals surface area contributed by atoms with E-state index in [9.17, 15) is 4.79 Å². The normalized spacial score (nSPS) is 30.1. The zero-order valence-corrected chi connectivity index (χ0v) is 12.3. The molecule has 3 N–H and O–H groups in total. The van der Waals surface area contributed by atoms with Crippen LogP contribution in [-0.4, -0.2) is 17.0 Å². The summed E-state index contributed by atoms with van der Waals surface area (Å²) in [4.78, 5) is 11.9. The van der Waals surface area contributed by atoms with Gasteiger partial charge in [-0.05, 0) is 39.2 Å². The third kappa shape index (κ3) is 2.66. The van der Waals surface area contributed by atoms with Crippen LogP contribution in [0.4, 0.5) is 0 Å². The smallest absolute Gasteiger partial charge is 0.238 e. The summed E-state index contributed by atoms with van der Waals surface area (Å²) in [6.45, 7) is 8.35. The second-order valence-corrected chi connectivity index (χ2v) is 7.04. The van der Waals surface area contributed by atoms with Crippen LogP contribution in [0, 0.1) is 5.41 Å². The van der Waals surface area contributed by atoms with Crippen molar-refractivity contribution in [1.29, 1.82) is 0 Å². The molecule has 0 aliphatic heterocycles. The van der Waals surface area contributed by atoms with E-state index in [0.29, 0.717) is 0 Å². The minimum Gasteiger partial charge on any atom is -0.368 e. The van der Waals surface area contributed by atoms with E-state index in [4.69, 9.17) is 5.73 Å². The molecule has 0 bridgehead atoms. The number of carbonyl (C=O) groups excluding carboxylic acids is 1. The highest BCUT2D eigenvalue weighted by Gasteiger charge is 2.68. The average molecular weight is 260 g/mol. The Morgan fingerprint density at radius 2 is 1.89 bits per heavy atom. The predicted molar refractivity (Wildman–Crippen MR) is 77.7 cm³/mol. The molecule has 19 heavy (non-hydrogen) atoms. The maximum Gasteiger partial charge on any atom is 0.238 e. The van der Waals surface area contributed by atoms with Gasteiger partial charge in [-0.25, -0.2) is 0 Å². The van der Waals surface area contributed by atoms with Gasteiger partial charge in [-0.2, -0.15) is 0 Å². The molecule has 0 aromatic heterocycles. The monoisotopic (exact) mass is 260 g/mol. The zero-order chi connectivity index (χ0) is 14.3. The third-order valence-corrected chi connectivity index (χ3v) is 4.01. The van der Waals surface area contributed by atoms with Crippen LogP contribution in [0.5, 0.6) is 0 Å². The molecule has 0 heterocycles. The summed E-state index contributed by atoms with van der Waals surface area (Å²) < 4.78 is 0. The first-order valence-electron chi connectivity index (χ1n) is 6.82. The maximum absolute atomic E-state index is 11.9. The average Bonchev–Trinajstić information content (AvgIpc) is 2.83. The molecule has 1 fully saturated rings. The van der Waals surface area contributed by atoms with E-state index in [1.54, 1.807) is 0 Å². The van der Waals surface area contributed by atoms with Crippen LogP contribution < -0.4 is 11.1 Å². The number of nitrogens with two attached hydrogens (primary N) is 1. The number of hydrogen-bond donors (Lipinski definition) is 2. The lowest BCUT2D eigenvalue weighted by Gasteiger charge is -2.30. The summed E-state index contributed by atoms with van der Waals surface area (Å²) in [6.07, 6.45) is 1.68. The van der Waals surface area contributed by atoms with Crippen LogP contribution in [0.25, 0.3) is 0 Å². The van der Waals surface area contributed by atoms with Crippen molar-refractivity contribution in [3.8, 4) is 0 Å². The quantitative estimate of drug-likeness (QED) is 0.872. The molecule has 104 valence electrons. The number of carbonyl (C=O) groups is 1. The molecule has 1 aliphatic rings. The van der Waals surface area contributed by atoms with Crippen LogP contribution in [0.1, 0.15) is 39.7 Å². The molecule has 3 heteroatoms. The molecule has 1 aromatic carbocycles. The number of rotatable bonds is 4. The molecule has 1 aliphatic carbocycles. The molecule has 0 radical (unpaired) electrons. The Kier molecular flexibility index (Phi) is 3.21. The van der Waals surface area contributed by atoms with Gasteiger partial charge in [-0.15, -0.1) is 0 Å². The van der Waals surface area contributed by atoms with Crippen molar-refractivity contribution in [2.24, 2.45) is 11.1 Å². The molecule has 0 spiro atoms. The summed E-state index contributed by atoms with van der Waals surface area (Å²) in [5.74, 6) is -0.235. The SMILES string of the molecule is CC(C)(C)N[C@]1(C(N)=O)C[C@@]1(C)Cc1ccccc1. The molecule has 0 saturated heterocycles. The fourth-order valence-corrected chi connectivity index (χ4v) is 3.08. The second kappa shape index (κ2) is 4.34. The van der Waals surface area contributed by atoms with Crippen molar-refractivity contribution in [2.75, 3.05) is 0 Å². The zero-order valence-electron chi connectivity index (χ0n) is 12.3. The van der Waals surface area contributed by atoms with E-state index in [1.807, 2.05) is 18.2 Å². The molecule has 1 saturated carbocycles. The fourth-order valence-electron chi connectivity index (χ4n) is 3.08. The number of benzene rings is 1. The Labute approximate surface area is 115 Å². The van der Waals surface area contributed by atoms with E-state index in [-0.39, 0.29) is 16.9 Å². The van der Waals surface area contributed by atoms with E-state index in [2.05, 4.69) is 45.1 Å². The number of hydrogen-bond acceptors (Lipinski definition) is 2. The molecule has 1 aromatic rings. The van der Waals surface area contributed by atoms with Crippen molar-refractivity contribution >= 4 is 5.91 Å². The summed E-state index contributed by atoms with van der Waals surface area (Å²) in [7, 11) is 0. The van der Waals surface area contributed by atoms with Crippen LogP contribution in [0.3, 0.4) is 0 Å². The van der Waals surface area contributed by atoms with Gasteiger partial charge in [0.2, 0.25) is 5.91 Å². The van der Waals surface area contributed by atoms with Gasteiger partial charge < -0.3 is 5.73 Å². The first kappa shape index (κ1) is 14.1. The summed E-state index contributed by atoms with van der Waals surface area (Å²) >= 11 is 0. The van der Waals surface area contributed by atoms with Crippen LogP contribution in [-0.2, 0) is 11.2 Å². The first-order chi connectivity index (χ1) is 8.69. The van der Waals surface area contributed by atoms with Gasteiger partial charge in [0.25, 0.3) is 0 Å². The Hall–Kier alpha value is -1.35. The van der Waals surface area contributed by atoms with E-state index < -0.39 is 5.54 Å². The lowest BCUT2D eigenvalue weighted by molar-refractivity contribution is -0.122.